The summed E-state index contributed by atoms with van der Waals surface area (Å²) in [6.45, 7) is 14.4. The van der Waals surface area contributed by atoms with Gasteiger partial charge in [0.2, 0.25) is 0 Å². The summed E-state index contributed by atoms with van der Waals surface area (Å²) in [5.74, 6) is 3.52. The third-order valence-electron chi connectivity index (χ3n) is 5.96. The van der Waals surface area contributed by atoms with E-state index in [-0.39, 0.29) is 0 Å². The van der Waals surface area contributed by atoms with Crippen LogP contribution in [0.25, 0.3) is 0 Å². The second-order valence-corrected chi connectivity index (χ2v) is 8.13. The van der Waals surface area contributed by atoms with Gasteiger partial charge in [0.25, 0.3) is 0 Å². The van der Waals surface area contributed by atoms with Crippen molar-refractivity contribution in [2.24, 2.45) is 29.1 Å². The number of hydrogen-bond donors (Lipinski definition) is 0. The highest BCUT2D eigenvalue weighted by atomic mass is 16.5. The molecule has 0 aromatic heterocycles. The standard InChI is InChI=1S/C17H31NO/c1-12(2)14-6-5-7-15(16(14)13(3)4)18-8-17(9-18)10-19-11-17/h12-16H,5-11H2,1-4H3/t14?,15-,16?/m0/s1. The SMILES string of the molecule is CC(C)C1CCC[C@H](N2CC3(COC3)C2)C1C(C)C. The number of hydrogen-bond acceptors (Lipinski definition) is 2. The number of ether oxygens (including phenoxy) is 1. The fraction of sp³-hybridized carbons (Fsp3) is 1.00. The van der Waals surface area contributed by atoms with Crippen molar-refractivity contribution in [2.45, 2.75) is 53.0 Å². The normalized spacial score (nSPS) is 38.5. The van der Waals surface area contributed by atoms with Crippen LogP contribution in [0.15, 0.2) is 0 Å². The van der Waals surface area contributed by atoms with E-state index in [1.54, 1.807) is 0 Å². The van der Waals surface area contributed by atoms with Gasteiger partial charge in [-0.2, -0.15) is 0 Å². The average molecular weight is 265 g/mol. The van der Waals surface area contributed by atoms with Gasteiger partial charge in [-0.1, -0.05) is 34.1 Å². The molecular formula is C17H31NO. The van der Waals surface area contributed by atoms with E-state index in [0.29, 0.717) is 5.41 Å². The third kappa shape index (κ3) is 2.35. The summed E-state index contributed by atoms with van der Waals surface area (Å²) in [4.78, 5) is 2.79. The minimum absolute atomic E-state index is 0.576. The fourth-order valence-electron chi connectivity index (χ4n) is 5.00. The topological polar surface area (TPSA) is 12.5 Å². The highest BCUT2D eigenvalue weighted by Gasteiger charge is 2.53. The largest absolute Gasteiger partial charge is 0.380 e. The van der Waals surface area contributed by atoms with Gasteiger partial charge in [0, 0.05) is 24.5 Å². The Morgan fingerprint density at radius 1 is 1.00 bits per heavy atom. The summed E-state index contributed by atoms with van der Waals surface area (Å²) < 4.78 is 5.42. The van der Waals surface area contributed by atoms with E-state index in [4.69, 9.17) is 4.74 Å². The molecule has 1 aliphatic carbocycles. The predicted octanol–water partition coefficient (Wildman–Crippen LogP) is 3.42. The smallest absolute Gasteiger partial charge is 0.0569 e. The Kier molecular flexibility index (Phi) is 3.68. The monoisotopic (exact) mass is 265 g/mol. The van der Waals surface area contributed by atoms with Gasteiger partial charge in [-0.3, -0.25) is 4.90 Å². The first kappa shape index (κ1) is 13.9. The zero-order valence-corrected chi connectivity index (χ0v) is 13.2. The molecule has 3 rings (SSSR count). The lowest BCUT2D eigenvalue weighted by Crippen LogP contribution is -2.69. The first-order valence-electron chi connectivity index (χ1n) is 8.34. The van der Waals surface area contributed by atoms with E-state index in [1.165, 1.54) is 32.4 Å². The molecule has 2 heterocycles. The molecule has 2 unspecified atom stereocenters. The van der Waals surface area contributed by atoms with Gasteiger partial charge in [0.1, 0.15) is 0 Å². The van der Waals surface area contributed by atoms with Crippen LogP contribution in [0.5, 0.6) is 0 Å². The van der Waals surface area contributed by atoms with Crippen molar-refractivity contribution in [2.75, 3.05) is 26.3 Å². The van der Waals surface area contributed by atoms with Crippen LogP contribution in [0.3, 0.4) is 0 Å². The van der Waals surface area contributed by atoms with Crippen LogP contribution in [0.4, 0.5) is 0 Å². The van der Waals surface area contributed by atoms with Gasteiger partial charge in [-0.05, 0) is 36.5 Å². The summed E-state index contributed by atoms with van der Waals surface area (Å²) in [6.07, 6.45) is 4.33. The Morgan fingerprint density at radius 2 is 1.68 bits per heavy atom. The molecule has 110 valence electrons. The second kappa shape index (κ2) is 5.04. The van der Waals surface area contributed by atoms with Crippen LogP contribution < -0.4 is 0 Å². The second-order valence-electron chi connectivity index (χ2n) is 8.13. The van der Waals surface area contributed by atoms with Crippen molar-refractivity contribution in [3.8, 4) is 0 Å². The van der Waals surface area contributed by atoms with Crippen LogP contribution >= 0.6 is 0 Å². The molecule has 0 aromatic rings. The minimum atomic E-state index is 0.576. The fourth-order valence-corrected chi connectivity index (χ4v) is 5.00. The van der Waals surface area contributed by atoms with Gasteiger partial charge in [-0.15, -0.1) is 0 Å². The molecule has 0 radical (unpaired) electrons. The van der Waals surface area contributed by atoms with E-state index < -0.39 is 0 Å². The molecule has 0 aromatic carbocycles. The lowest BCUT2D eigenvalue weighted by molar-refractivity contribution is -0.209. The first-order chi connectivity index (χ1) is 9.02. The van der Waals surface area contributed by atoms with Crippen LogP contribution in [0, 0.1) is 29.1 Å². The number of likely N-dealkylation sites (tertiary alicyclic amines) is 1. The molecule has 19 heavy (non-hydrogen) atoms. The highest BCUT2D eigenvalue weighted by Crippen LogP contribution is 2.47. The first-order valence-corrected chi connectivity index (χ1v) is 8.34. The Balaban J connectivity index is 1.68. The molecular weight excluding hydrogens is 234 g/mol. The molecule has 1 saturated carbocycles. The maximum Gasteiger partial charge on any atom is 0.0569 e. The van der Waals surface area contributed by atoms with Gasteiger partial charge in [-0.25, -0.2) is 0 Å². The van der Waals surface area contributed by atoms with Gasteiger partial charge >= 0.3 is 0 Å². The highest BCUT2D eigenvalue weighted by molar-refractivity contribution is 5.04. The molecule has 3 aliphatic rings. The number of nitrogens with zero attached hydrogens (tertiary/aromatic N) is 1. The van der Waals surface area contributed by atoms with E-state index in [0.717, 1.165) is 42.9 Å². The quantitative estimate of drug-likeness (QED) is 0.775. The predicted molar refractivity (Wildman–Crippen MR) is 79.1 cm³/mol. The van der Waals surface area contributed by atoms with E-state index in [2.05, 4.69) is 32.6 Å². The molecule has 0 N–H and O–H groups in total. The lowest BCUT2D eigenvalue weighted by Gasteiger charge is -2.60. The Morgan fingerprint density at radius 3 is 2.16 bits per heavy atom. The van der Waals surface area contributed by atoms with Crippen LogP contribution in [-0.2, 0) is 4.74 Å². The molecule has 2 nitrogen and oxygen atoms in total. The summed E-state index contributed by atoms with van der Waals surface area (Å²) in [5, 5.41) is 0. The van der Waals surface area contributed by atoms with Gasteiger partial charge in [0.05, 0.1) is 13.2 Å². The molecule has 3 fully saturated rings. The molecule has 0 bridgehead atoms. The maximum atomic E-state index is 5.42. The molecule has 0 amide bonds. The Labute approximate surface area is 118 Å². The van der Waals surface area contributed by atoms with Crippen LogP contribution in [0.1, 0.15) is 47.0 Å². The third-order valence-corrected chi connectivity index (χ3v) is 5.96. The van der Waals surface area contributed by atoms with E-state index in [9.17, 15) is 0 Å². The van der Waals surface area contributed by atoms with Crippen molar-refractivity contribution in [1.82, 2.24) is 4.90 Å². The Bertz CT molecular complexity index is 313. The summed E-state index contributed by atoms with van der Waals surface area (Å²) in [7, 11) is 0. The van der Waals surface area contributed by atoms with Gasteiger partial charge < -0.3 is 4.74 Å². The van der Waals surface area contributed by atoms with Crippen molar-refractivity contribution in [3.05, 3.63) is 0 Å². The van der Waals surface area contributed by atoms with Crippen molar-refractivity contribution < 1.29 is 4.74 Å². The summed E-state index contributed by atoms with van der Waals surface area (Å²) in [5.41, 5.74) is 0.576. The molecule has 1 spiro atoms. The Hall–Kier alpha value is -0.0800. The van der Waals surface area contributed by atoms with E-state index >= 15 is 0 Å². The average Bonchev–Trinajstić information content (AvgIpc) is 2.24. The maximum absolute atomic E-state index is 5.42. The van der Waals surface area contributed by atoms with Crippen LogP contribution in [0.2, 0.25) is 0 Å². The number of rotatable bonds is 3. The molecule has 2 saturated heterocycles. The zero-order chi connectivity index (χ0) is 13.6. The minimum Gasteiger partial charge on any atom is -0.380 e. The zero-order valence-electron chi connectivity index (χ0n) is 13.2. The van der Waals surface area contributed by atoms with Crippen molar-refractivity contribution >= 4 is 0 Å². The van der Waals surface area contributed by atoms with Crippen molar-refractivity contribution in [3.63, 3.8) is 0 Å². The molecule has 2 heteroatoms. The summed E-state index contributed by atoms with van der Waals surface area (Å²) in [6, 6.07) is 0.854. The molecule has 2 aliphatic heterocycles. The van der Waals surface area contributed by atoms with Crippen molar-refractivity contribution in [1.29, 1.82) is 0 Å². The van der Waals surface area contributed by atoms with Crippen LogP contribution in [-0.4, -0.2) is 37.2 Å². The van der Waals surface area contributed by atoms with E-state index in [1.807, 2.05) is 0 Å². The lowest BCUT2D eigenvalue weighted by atomic mass is 9.64. The summed E-state index contributed by atoms with van der Waals surface area (Å²) >= 11 is 0. The van der Waals surface area contributed by atoms with Gasteiger partial charge in [0.15, 0.2) is 0 Å². The molecule has 3 atom stereocenters.